The number of allylic oxidation sites excluding steroid dienone is 1. The van der Waals surface area contributed by atoms with Crippen LogP contribution in [-0.4, -0.2) is 0 Å². The van der Waals surface area contributed by atoms with Crippen molar-refractivity contribution in [2.75, 3.05) is 0 Å². The van der Waals surface area contributed by atoms with Gasteiger partial charge in [-0.05, 0) is 44.1 Å². The molecule has 0 saturated carbocycles. The van der Waals surface area contributed by atoms with Crippen LogP contribution in [0.3, 0.4) is 0 Å². The zero-order chi connectivity index (χ0) is 14.0. The van der Waals surface area contributed by atoms with Gasteiger partial charge in [-0.15, -0.1) is 11.3 Å². The Bertz CT molecular complexity index is 976. The minimum absolute atomic E-state index is 0.893. The van der Waals surface area contributed by atoms with Crippen molar-refractivity contribution in [2.45, 2.75) is 6.42 Å². The molecule has 0 spiro atoms. The maximum Gasteiger partial charge on any atom is 0.0789 e. The molecular formula is C17H10Br2S. The van der Waals surface area contributed by atoms with Gasteiger partial charge in [0.1, 0.15) is 0 Å². The third kappa shape index (κ3) is 1.46. The fourth-order valence-corrected chi connectivity index (χ4v) is 5.83. The average molecular weight is 406 g/mol. The van der Waals surface area contributed by atoms with E-state index in [1.807, 2.05) is 6.08 Å². The number of rotatable bonds is 1. The standard InChI is InChI=1S/C17H10Br2S/c1-3-9-13-8(2)7-11(18)14(13)10-5-4-6-12-15(10)16(9)17(19)20-12/h3-6H,1-2,7H2. The van der Waals surface area contributed by atoms with E-state index in [-0.39, 0.29) is 0 Å². The third-order valence-corrected chi connectivity index (χ3v) is 6.43. The van der Waals surface area contributed by atoms with Crippen molar-refractivity contribution in [3.05, 3.63) is 51.5 Å². The van der Waals surface area contributed by atoms with E-state index in [1.54, 1.807) is 11.3 Å². The van der Waals surface area contributed by atoms with Crippen molar-refractivity contribution in [3.8, 4) is 0 Å². The van der Waals surface area contributed by atoms with Crippen LogP contribution in [0, 0.1) is 0 Å². The number of thiophene rings is 1. The SMILES string of the molecule is C=Cc1c2c(c3cccc4sc(Br)c1c43)=C(Br)CC2=C. The van der Waals surface area contributed by atoms with Crippen molar-refractivity contribution in [1.82, 2.24) is 0 Å². The van der Waals surface area contributed by atoms with Gasteiger partial charge in [-0.1, -0.05) is 47.3 Å². The summed E-state index contributed by atoms with van der Waals surface area (Å²) in [6.07, 6.45) is 2.86. The highest BCUT2D eigenvalue weighted by atomic mass is 79.9. The van der Waals surface area contributed by atoms with E-state index in [9.17, 15) is 0 Å². The molecule has 2 aromatic carbocycles. The molecule has 0 atom stereocenters. The molecule has 3 heteroatoms. The van der Waals surface area contributed by atoms with E-state index in [4.69, 9.17) is 0 Å². The Morgan fingerprint density at radius 2 is 2.00 bits per heavy atom. The van der Waals surface area contributed by atoms with Crippen LogP contribution in [0.4, 0.5) is 0 Å². The minimum atomic E-state index is 0.893. The second-order valence-corrected chi connectivity index (χ2v) is 8.31. The van der Waals surface area contributed by atoms with Gasteiger partial charge in [-0.2, -0.15) is 0 Å². The third-order valence-electron chi connectivity index (χ3n) is 3.93. The van der Waals surface area contributed by atoms with Crippen molar-refractivity contribution in [3.63, 3.8) is 0 Å². The summed E-state index contributed by atoms with van der Waals surface area (Å²) in [5.74, 6) is 0. The van der Waals surface area contributed by atoms with Gasteiger partial charge in [0, 0.05) is 31.6 Å². The number of hydrogen-bond donors (Lipinski definition) is 0. The fraction of sp³-hybridized carbons (Fsp3) is 0.0588. The van der Waals surface area contributed by atoms with E-state index < -0.39 is 0 Å². The van der Waals surface area contributed by atoms with Gasteiger partial charge in [0.15, 0.2) is 0 Å². The highest BCUT2D eigenvalue weighted by Crippen LogP contribution is 2.45. The monoisotopic (exact) mass is 404 g/mol. The van der Waals surface area contributed by atoms with E-state index in [1.165, 1.54) is 51.0 Å². The molecule has 1 aliphatic carbocycles. The number of halogens is 2. The molecule has 0 N–H and O–H groups in total. The van der Waals surface area contributed by atoms with E-state index in [2.05, 4.69) is 63.2 Å². The first kappa shape index (κ1) is 12.8. The molecule has 0 saturated heterocycles. The molecule has 0 unspecified atom stereocenters. The minimum Gasteiger partial charge on any atom is -0.128 e. The Morgan fingerprint density at radius 3 is 2.75 bits per heavy atom. The lowest BCUT2D eigenvalue weighted by atomic mass is 9.94. The Labute approximate surface area is 137 Å². The number of benzene rings is 2. The fourth-order valence-electron chi connectivity index (χ4n) is 3.18. The Morgan fingerprint density at radius 1 is 1.20 bits per heavy atom. The highest BCUT2D eigenvalue weighted by molar-refractivity contribution is 9.14. The first-order valence-corrected chi connectivity index (χ1v) is 8.69. The smallest absolute Gasteiger partial charge is 0.0789 e. The van der Waals surface area contributed by atoms with Crippen LogP contribution >= 0.6 is 43.2 Å². The van der Waals surface area contributed by atoms with E-state index >= 15 is 0 Å². The molecule has 20 heavy (non-hydrogen) atoms. The summed E-state index contributed by atoms with van der Waals surface area (Å²) in [6.45, 7) is 8.28. The predicted molar refractivity (Wildman–Crippen MR) is 98.3 cm³/mol. The second kappa shape index (κ2) is 4.30. The lowest BCUT2D eigenvalue weighted by molar-refractivity contribution is 1.55. The second-order valence-electron chi connectivity index (χ2n) is 4.98. The van der Waals surface area contributed by atoms with Gasteiger partial charge in [0.25, 0.3) is 0 Å². The van der Waals surface area contributed by atoms with Crippen molar-refractivity contribution in [2.24, 2.45) is 0 Å². The topological polar surface area (TPSA) is 0 Å². The van der Waals surface area contributed by atoms with Crippen LogP contribution in [0.5, 0.6) is 0 Å². The Kier molecular flexibility index (Phi) is 2.75. The Hall–Kier alpha value is -0.900. The van der Waals surface area contributed by atoms with E-state index in [0.717, 1.165) is 6.42 Å². The summed E-state index contributed by atoms with van der Waals surface area (Å²) < 4.78 is 3.72. The van der Waals surface area contributed by atoms with Crippen LogP contribution in [0.15, 0.2) is 35.1 Å². The lowest BCUT2D eigenvalue weighted by Gasteiger charge is -2.09. The first-order valence-electron chi connectivity index (χ1n) is 6.29. The number of hydrogen-bond acceptors (Lipinski definition) is 1. The maximum absolute atomic E-state index is 4.25. The van der Waals surface area contributed by atoms with Gasteiger partial charge in [0.2, 0.25) is 0 Å². The molecule has 1 heterocycles. The normalized spacial score (nSPS) is 14.5. The van der Waals surface area contributed by atoms with Crippen LogP contribution in [0.2, 0.25) is 0 Å². The maximum atomic E-state index is 4.25. The lowest BCUT2D eigenvalue weighted by Crippen LogP contribution is -2.08. The molecule has 0 amide bonds. The summed E-state index contributed by atoms with van der Waals surface area (Å²) >= 11 is 9.26. The summed E-state index contributed by atoms with van der Waals surface area (Å²) in [5, 5.41) is 5.22. The Balaban J connectivity index is 2.48. The zero-order valence-corrected chi connectivity index (χ0v) is 14.6. The summed E-state index contributed by atoms with van der Waals surface area (Å²) in [5.41, 5.74) is 3.63. The predicted octanol–water partition coefficient (Wildman–Crippen LogP) is 6.10. The van der Waals surface area contributed by atoms with Gasteiger partial charge < -0.3 is 0 Å². The zero-order valence-electron chi connectivity index (χ0n) is 10.6. The summed E-state index contributed by atoms with van der Waals surface area (Å²) in [7, 11) is 0. The van der Waals surface area contributed by atoms with Crippen LogP contribution in [0.25, 0.3) is 37.0 Å². The molecule has 4 rings (SSSR count). The first-order chi connectivity index (χ1) is 9.63. The molecule has 3 aromatic rings. The molecule has 1 aliphatic rings. The van der Waals surface area contributed by atoms with Crippen LogP contribution in [0.1, 0.15) is 17.5 Å². The van der Waals surface area contributed by atoms with Gasteiger partial charge in [0.05, 0.1) is 3.79 Å². The molecule has 0 radical (unpaired) electrons. The van der Waals surface area contributed by atoms with Crippen molar-refractivity contribution < 1.29 is 0 Å². The highest BCUT2D eigenvalue weighted by Gasteiger charge is 2.24. The van der Waals surface area contributed by atoms with Gasteiger partial charge in [-0.3, -0.25) is 0 Å². The number of fused-ring (bicyclic) bond motifs is 2. The average Bonchev–Trinajstić information content (AvgIpc) is 2.91. The van der Waals surface area contributed by atoms with Gasteiger partial charge >= 0.3 is 0 Å². The molecule has 1 aromatic heterocycles. The quantitative estimate of drug-likeness (QED) is 0.458. The molecular weight excluding hydrogens is 396 g/mol. The molecule has 0 aliphatic heterocycles. The molecule has 0 nitrogen and oxygen atoms in total. The van der Waals surface area contributed by atoms with Gasteiger partial charge in [-0.25, -0.2) is 0 Å². The summed E-state index contributed by atoms with van der Waals surface area (Å²) in [4.78, 5) is 0. The van der Waals surface area contributed by atoms with Crippen molar-refractivity contribution in [1.29, 1.82) is 0 Å². The van der Waals surface area contributed by atoms with E-state index in [0.29, 0.717) is 0 Å². The molecule has 98 valence electrons. The van der Waals surface area contributed by atoms with Crippen LogP contribution < -0.4 is 5.22 Å². The summed E-state index contributed by atoms with van der Waals surface area (Å²) in [6, 6.07) is 6.52. The van der Waals surface area contributed by atoms with Crippen LogP contribution in [-0.2, 0) is 0 Å². The molecule has 0 fully saturated rings. The largest absolute Gasteiger partial charge is 0.128 e. The molecule has 0 bridgehead atoms. The van der Waals surface area contributed by atoms with Crippen molar-refractivity contribution >= 4 is 80.2 Å².